The van der Waals surface area contributed by atoms with Gasteiger partial charge in [0.05, 0.1) is 5.56 Å². The average molecular weight is 367 g/mol. The fourth-order valence-electron chi connectivity index (χ4n) is 3.03. The highest BCUT2D eigenvalue weighted by atomic mass is 35.5. The molecule has 3 amide bonds. The average Bonchev–Trinajstić information content (AvgIpc) is 2.64. The standard InChI is InChI=1S/C18H27ClN4O2/c1-2-9-20-18(25)23-11-14-5-3-13(4-6-14)10-22-17(24)15-7-8-16(19)21-12-15/h7-8,12-14H,2-6,9-11H2,1H3,(H,22,24)(H2,20,23,25). The second-order valence-electron chi connectivity index (χ2n) is 6.60. The zero-order valence-electron chi connectivity index (χ0n) is 14.7. The van der Waals surface area contributed by atoms with Crippen LogP contribution >= 0.6 is 11.6 Å². The van der Waals surface area contributed by atoms with Gasteiger partial charge in [-0.25, -0.2) is 9.78 Å². The molecule has 1 heterocycles. The predicted molar refractivity (Wildman–Crippen MR) is 98.7 cm³/mol. The second-order valence-corrected chi connectivity index (χ2v) is 6.99. The van der Waals surface area contributed by atoms with Gasteiger partial charge in [0, 0.05) is 25.8 Å². The molecule has 2 rings (SSSR count). The van der Waals surface area contributed by atoms with Gasteiger partial charge < -0.3 is 16.0 Å². The van der Waals surface area contributed by atoms with Crippen LogP contribution in [0.2, 0.25) is 5.15 Å². The van der Waals surface area contributed by atoms with Gasteiger partial charge >= 0.3 is 6.03 Å². The molecular formula is C18H27ClN4O2. The minimum Gasteiger partial charge on any atom is -0.352 e. The smallest absolute Gasteiger partial charge is 0.314 e. The summed E-state index contributed by atoms with van der Waals surface area (Å²) in [5.74, 6) is 0.912. The molecule has 7 heteroatoms. The van der Waals surface area contributed by atoms with Crippen molar-refractivity contribution in [2.24, 2.45) is 11.8 Å². The Bertz CT molecular complexity index is 557. The Morgan fingerprint density at radius 3 is 2.28 bits per heavy atom. The second kappa shape index (κ2) is 10.2. The van der Waals surface area contributed by atoms with Gasteiger partial charge in [0.25, 0.3) is 5.91 Å². The number of aromatic nitrogens is 1. The van der Waals surface area contributed by atoms with Crippen LogP contribution in [0.5, 0.6) is 0 Å². The van der Waals surface area contributed by atoms with E-state index in [0.29, 0.717) is 35.6 Å². The van der Waals surface area contributed by atoms with E-state index in [4.69, 9.17) is 11.6 Å². The molecule has 6 nitrogen and oxygen atoms in total. The van der Waals surface area contributed by atoms with Crippen molar-refractivity contribution in [3.8, 4) is 0 Å². The van der Waals surface area contributed by atoms with Gasteiger partial charge in [-0.3, -0.25) is 4.79 Å². The Labute approximate surface area is 154 Å². The molecule has 0 aliphatic heterocycles. The monoisotopic (exact) mass is 366 g/mol. The summed E-state index contributed by atoms with van der Waals surface area (Å²) in [7, 11) is 0. The molecule has 0 radical (unpaired) electrons. The van der Waals surface area contributed by atoms with E-state index in [1.165, 1.54) is 6.20 Å². The maximum atomic E-state index is 12.1. The quantitative estimate of drug-likeness (QED) is 0.649. The van der Waals surface area contributed by atoms with Crippen molar-refractivity contribution in [3.05, 3.63) is 29.0 Å². The molecule has 3 N–H and O–H groups in total. The van der Waals surface area contributed by atoms with Crippen LogP contribution in [0.25, 0.3) is 0 Å². The summed E-state index contributed by atoms with van der Waals surface area (Å²) in [6.45, 7) is 4.15. The maximum absolute atomic E-state index is 12.1. The summed E-state index contributed by atoms with van der Waals surface area (Å²) < 4.78 is 0. The molecule has 0 aromatic carbocycles. The lowest BCUT2D eigenvalue weighted by molar-refractivity contribution is 0.0941. The number of hydrogen-bond donors (Lipinski definition) is 3. The largest absolute Gasteiger partial charge is 0.352 e. The highest BCUT2D eigenvalue weighted by molar-refractivity contribution is 6.29. The minimum atomic E-state index is -0.111. The number of carbonyl (C=O) groups excluding carboxylic acids is 2. The van der Waals surface area contributed by atoms with Gasteiger partial charge in [0.2, 0.25) is 0 Å². The van der Waals surface area contributed by atoms with Gasteiger partial charge in [-0.15, -0.1) is 0 Å². The Balaban J connectivity index is 1.62. The number of nitrogens with one attached hydrogen (secondary N) is 3. The van der Waals surface area contributed by atoms with Crippen molar-refractivity contribution < 1.29 is 9.59 Å². The van der Waals surface area contributed by atoms with Crippen molar-refractivity contribution in [1.29, 1.82) is 0 Å². The molecule has 0 spiro atoms. The van der Waals surface area contributed by atoms with Crippen LogP contribution in [0, 0.1) is 11.8 Å². The van der Waals surface area contributed by atoms with Gasteiger partial charge in [0.1, 0.15) is 5.15 Å². The summed E-state index contributed by atoms with van der Waals surface area (Å²) >= 11 is 5.73. The number of hydrogen-bond acceptors (Lipinski definition) is 3. The third-order valence-electron chi connectivity index (χ3n) is 4.59. The lowest BCUT2D eigenvalue weighted by Crippen LogP contribution is -2.39. The molecule has 0 atom stereocenters. The molecule has 0 bridgehead atoms. The summed E-state index contributed by atoms with van der Waals surface area (Å²) in [6, 6.07) is 3.22. The number of urea groups is 1. The predicted octanol–water partition coefficient (Wildman–Crippen LogP) is 2.98. The van der Waals surface area contributed by atoms with E-state index < -0.39 is 0 Å². The SMILES string of the molecule is CCCNC(=O)NCC1CCC(CNC(=O)c2ccc(Cl)nc2)CC1. The van der Waals surface area contributed by atoms with E-state index in [1.807, 2.05) is 6.92 Å². The Hall–Kier alpha value is -1.82. The van der Waals surface area contributed by atoms with E-state index in [1.54, 1.807) is 12.1 Å². The van der Waals surface area contributed by atoms with Crippen molar-refractivity contribution in [3.63, 3.8) is 0 Å². The van der Waals surface area contributed by atoms with Crippen LogP contribution in [0.1, 0.15) is 49.4 Å². The number of nitrogens with zero attached hydrogens (tertiary/aromatic N) is 1. The Kier molecular flexibility index (Phi) is 7.98. The molecule has 1 fully saturated rings. The van der Waals surface area contributed by atoms with Crippen molar-refractivity contribution in [2.75, 3.05) is 19.6 Å². The molecular weight excluding hydrogens is 340 g/mol. The molecule has 1 saturated carbocycles. The van der Waals surface area contributed by atoms with Crippen LogP contribution in [-0.2, 0) is 0 Å². The van der Waals surface area contributed by atoms with Gasteiger partial charge in [-0.1, -0.05) is 18.5 Å². The Morgan fingerprint density at radius 2 is 1.72 bits per heavy atom. The molecule has 1 aliphatic rings. The molecule has 1 aliphatic carbocycles. The molecule has 138 valence electrons. The van der Waals surface area contributed by atoms with E-state index in [9.17, 15) is 9.59 Å². The molecule has 0 unspecified atom stereocenters. The number of pyridine rings is 1. The van der Waals surface area contributed by atoms with Crippen molar-refractivity contribution in [2.45, 2.75) is 39.0 Å². The van der Waals surface area contributed by atoms with Gasteiger partial charge in [0.15, 0.2) is 0 Å². The summed E-state index contributed by atoms with van der Waals surface area (Å²) in [5.41, 5.74) is 0.528. The van der Waals surface area contributed by atoms with Crippen LogP contribution < -0.4 is 16.0 Å². The first kappa shape index (κ1) is 19.5. The van der Waals surface area contributed by atoms with Gasteiger partial charge in [-0.05, 0) is 56.1 Å². The number of halogens is 1. The highest BCUT2D eigenvalue weighted by Crippen LogP contribution is 2.28. The lowest BCUT2D eigenvalue weighted by atomic mass is 9.82. The van der Waals surface area contributed by atoms with E-state index in [-0.39, 0.29) is 11.9 Å². The number of carbonyl (C=O) groups is 2. The highest BCUT2D eigenvalue weighted by Gasteiger charge is 2.22. The first-order chi connectivity index (χ1) is 12.1. The third kappa shape index (κ3) is 6.90. The summed E-state index contributed by atoms with van der Waals surface area (Å²) in [5, 5.41) is 9.12. The Morgan fingerprint density at radius 1 is 1.08 bits per heavy atom. The van der Waals surface area contributed by atoms with Crippen molar-refractivity contribution in [1.82, 2.24) is 20.9 Å². The fourth-order valence-corrected chi connectivity index (χ4v) is 3.14. The minimum absolute atomic E-state index is 0.0761. The first-order valence-electron chi connectivity index (χ1n) is 9.00. The van der Waals surface area contributed by atoms with Gasteiger partial charge in [-0.2, -0.15) is 0 Å². The topological polar surface area (TPSA) is 83.1 Å². The summed E-state index contributed by atoms with van der Waals surface area (Å²) in [4.78, 5) is 27.6. The van der Waals surface area contributed by atoms with Crippen LogP contribution in [0.3, 0.4) is 0 Å². The zero-order valence-corrected chi connectivity index (χ0v) is 15.4. The van der Waals surface area contributed by atoms with Crippen LogP contribution in [-0.4, -0.2) is 36.6 Å². The molecule has 0 saturated heterocycles. The fraction of sp³-hybridized carbons (Fsp3) is 0.611. The first-order valence-corrected chi connectivity index (χ1v) is 9.37. The maximum Gasteiger partial charge on any atom is 0.314 e. The molecule has 1 aromatic heterocycles. The summed E-state index contributed by atoms with van der Waals surface area (Å²) in [6.07, 6.45) is 6.73. The van der Waals surface area contributed by atoms with E-state index >= 15 is 0 Å². The molecule has 1 aromatic rings. The number of rotatable bonds is 7. The lowest BCUT2D eigenvalue weighted by Gasteiger charge is -2.28. The van der Waals surface area contributed by atoms with Crippen LogP contribution in [0.15, 0.2) is 18.3 Å². The number of amides is 3. The van der Waals surface area contributed by atoms with E-state index in [2.05, 4.69) is 20.9 Å². The van der Waals surface area contributed by atoms with Crippen LogP contribution in [0.4, 0.5) is 4.79 Å². The normalized spacial score (nSPS) is 19.9. The van der Waals surface area contributed by atoms with Crippen molar-refractivity contribution >= 4 is 23.5 Å². The third-order valence-corrected chi connectivity index (χ3v) is 4.82. The zero-order chi connectivity index (χ0) is 18.1. The van der Waals surface area contributed by atoms with E-state index in [0.717, 1.165) is 38.6 Å². The molecule has 25 heavy (non-hydrogen) atoms.